The van der Waals surface area contributed by atoms with Crippen molar-refractivity contribution >= 4 is 11.8 Å². The summed E-state index contributed by atoms with van der Waals surface area (Å²) in [5, 5.41) is 2.44. The van der Waals surface area contributed by atoms with Gasteiger partial charge in [-0.1, -0.05) is 6.92 Å². The Morgan fingerprint density at radius 3 is 2.62 bits per heavy atom. The fraction of sp³-hybridized carbons (Fsp3) is 0.833. The van der Waals surface area contributed by atoms with E-state index in [0.717, 1.165) is 19.3 Å². The molecule has 0 aromatic heterocycles. The van der Waals surface area contributed by atoms with E-state index in [1.54, 1.807) is 7.11 Å². The summed E-state index contributed by atoms with van der Waals surface area (Å²) in [5.41, 5.74) is -0.233. The molecule has 0 spiro atoms. The Kier molecular flexibility index (Phi) is 3.02. The number of rotatable bonds is 4. The molecule has 90 valence electrons. The molecule has 4 nitrogen and oxygen atoms in total. The second-order valence-electron chi connectivity index (χ2n) is 4.99. The van der Waals surface area contributed by atoms with E-state index in [1.807, 2.05) is 6.92 Å². The highest BCUT2D eigenvalue weighted by Gasteiger charge is 2.55. The molecule has 1 saturated carbocycles. The summed E-state index contributed by atoms with van der Waals surface area (Å²) in [5.74, 6) is 0.173. The predicted octanol–water partition coefficient (Wildman–Crippen LogP) is 1.10. The zero-order valence-corrected chi connectivity index (χ0v) is 9.91. The van der Waals surface area contributed by atoms with Crippen molar-refractivity contribution in [2.24, 2.45) is 17.3 Å². The Bertz CT molecular complexity index is 311. The van der Waals surface area contributed by atoms with Gasteiger partial charge in [-0.3, -0.25) is 14.9 Å². The van der Waals surface area contributed by atoms with Crippen LogP contribution >= 0.6 is 0 Å². The van der Waals surface area contributed by atoms with Crippen LogP contribution in [0.2, 0.25) is 0 Å². The van der Waals surface area contributed by atoms with Crippen LogP contribution in [0.4, 0.5) is 0 Å². The SMILES string of the molecule is CCC1C(=O)NC(=O)CC1(COC)C1CC1. The van der Waals surface area contributed by atoms with E-state index in [2.05, 4.69) is 5.32 Å². The lowest BCUT2D eigenvalue weighted by atomic mass is 9.66. The molecule has 4 heteroatoms. The first-order valence-corrected chi connectivity index (χ1v) is 5.96. The Labute approximate surface area is 95.7 Å². The number of piperidine rings is 1. The monoisotopic (exact) mass is 225 g/mol. The van der Waals surface area contributed by atoms with E-state index in [4.69, 9.17) is 4.74 Å². The Hall–Kier alpha value is -0.900. The van der Waals surface area contributed by atoms with Crippen LogP contribution in [0.1, 0.15) is 32.6 Å². The molecule has 2 unspecified atom stereocenters. The van der Waals surface area contributed by atoms with E-state index < -0.39 is 0 Å². The van der Waals surface area contributed by atoms with Crippen molar-refractivity contribution in [1.82, 2.24) is 5.32 Å². The quantitative estimate of drug-likeness (QED) is 0.729. The van der Waals surface area contributed by atoms with Gasteiger partial charge < -0.3 is 4.74 Å². The number of nitrogens with one attached hydrogen (secondary N) is 1. The average Bonchev–Trinajstić information content (AvgIpc) is 3.00. The van der Waals surface area contributed by atoms with Gasteiger partial charge in [0, 0.05) is 24.9 Å². The lowest BCUT2D eigenvalue weighted by molar-refractivity contribution is -0.148. The Balaban J connectivity index is 2.29. The van der Waals surface area contributed by atoms with Crippen LogP contribution in [-0.4, -0.2) is 25.5 Å². The fourth-order valence-corrected chi connectivity index (χ4v) is 3.17. The normalized spacial score (nSPS) is 35.0. The van der Waals surface area contributed by atoms with Gasteiger partial charge in [-0.2, -0.15) is 0 Å². The van der Waals surface area contributed by atoms with Crippen LogP contribution in [0, 0.1) is 17.3 Å². The molecule has 2 fully saturated rings. The maximum atomic E-state index is 11.9. The largest absolute Gasteiger partial charge is 0.384 e. The molecule has 1 N–H and O–H groups in total. The van der Waals surface area contributed by atoms with Crippen molar-refractivity contribution in [2.45, 2.75) is 32.6 Å². The van der Waals surface area contributed by atoms with Crippen LogP contribution in [0.5, 0.6) is 0 Å². The number of ether oxygens (including phenoxy) is 1. The molecule has 2 amide bonds. The van der Waals surface area contributed by atoms with Gasteiger partial charge in [-0.15, -0.1) is 0 Å². The van der Waals surface area contributed by atoms with Gasteiger partial charge in [-0.05, 0) is 25.2 Å². The van der Waals surface area contributed by atoms with Gasteiger partial charge >= 0.3 is 0 Å². The summed E-state index contributed by atoms with van der Waals surface area (Å²) in [6, 6.07) is 0. The fourth-order valence-electron chi connectivity index (χ4n) is 3.17. The number of hydrogen-bond acceptors (Lipinski definition) is 3. The van der Waals surface area contributed by atoms with Gasteiger partial charge in [0.2, 0.25) is 11.8 Å². The lowest BCUT2D eigenvalue weighted by Crippen LogP contribution is -2.54. The third kappa shape index (κ3) is 1.75. The summed E-state index contributed by atoms with van der Waals surface area (Å²) in [6.45, 7) is 2.53. The topological polar surface area (TPSA) is 55.4 Å². The molecule has 1 aliphatic carbocycles. The second-order valence-corrected chi connectivity index (χ2v) is 4.99. The smallest absolute Gasteiger partial charge is 0.230 e. The van der Waals surface area contributed by atoms with Crippen molar-refractivity contribution in [3.63, 3.8) is 0 Å². The van der Waals surface area contributed by atoms with Crippen molar-refractivity contribution in [3.05, 3.63) is 0 Å². The minimum Gasteiger partial charge on any atom is -0.384 e. The summed E-state index contributed by atoms with van der Waals surface area (Å²) in [6.07, 6.45) is 3.47. The van der Waals surface area contributed by atoms with Gasteiger partial charge in [0.25, 0.3) is 0 Å². The maximum Gasteiger partial charge on any atom is 0.230 e. The molecule has 1 heterocycles. The van der Waals surface area contributed by atoms with Crippen molar-refractivity contribution < 1.29 is 14.3 Å². The van der Waals surface area contributed by atoms with E-state index in [0.29, 0.717) is 18.9 Å². The zero-order chi connectivity index (χ0) is 11.8. The molecule has 0 radical (unpaired) electrons. The molecule has 2 rings (SSSR count). The van der Waals surface area contributed by atoms with Crippen LogP contribution in [-0.2, 0) is 14.3 Å². The molecular formula is C12H19NO3. The predicted molar refractivity (Wildman–Crippen MR) is 58.6 cm³/mol. The molecule has 2 atom stereocenters. The van der Waals surface area contributed by atoms with E-state index in [9.17, 15) is 9.59 Å². The average molecular weight is 225 g/mol. The van der Waals surface area contributed by atoms with Gasteiger partial charge in [0.15, 0.2) is 0 Å². The van der Waals surface area contributed by atoms with E-state index >= 15 is 0 Å². The first-order chi connectivity index (χ1) is 7.64. The van der Waals surface area contributed by atoms with Crippen molar-refractivity contribution in [1.29, 1.82) is 0 Å². The second kappa shape index (κ2) is 4.17. The number of amides is 2. The van der Waals surface area contributed by atoms with Crippen molar-refractivity contribution in [2.75, 3.05) is 13.7 Å². The van der Waals surface area contributed by atoms with E-state index in [-0.39, 0.29) is 23.1 Å². The van der Waals surface area contributed by atoms with Crippen LogP contribution in [0.3, 0.4) is 0 Å². The number of carbonyl (C=O) groups is 2. The highest BCUT2D eigenvalue weighted by atomic mass is 16.5. The third-order valence-corrected chi connectivity index (χ3v) is 3.97. The number of carbonyl (C=O) groups excluding carboxylic acids is 2. The summed E-state index contributed by atoms with van der Waals surface area (Å²) < 4.78 is 5.28. The summed E-state index contributed by atoms with van der Waals surface area (Å²) in [7, 11) is 1.65. The van der Waals surface area contributed by atoms with Crippen molar-refractivity contribution in [3.8, 4) is 0 Å². The minimum atomic E-state index is -0.233. The molecule has 0 aromatic rings. The van der Waals surface area contributed by atoms with Crippen LogP contribution in [0.25, 0.3) is 0 Å². The zero-order valence-electron chi connectivity index (χ0n) is 9.91. The highest BCUT2D eigenvalue weighted by Crippen LogP contribution is 2.54. The maximum absolute atomic E-state index is 11.9. The Morgan fingerprint density at radius 2 is 2.12 bits per heavy atom. The molecule has 0 bridgehead atoms. The standard InChI is InChI=1S/C12H19NO3/c1-3-9-11(15)13-10(14)6-12(9,7-16-2)8-4-5-8/h8-9H,3-7H2,1-2H3,(H,13,14,15). The lowest BCUT2D eigenvalue weighted by Gasteiger charge is -2.42. The first-order valence-electron chi connectivity index (χ1n) is 5.96. The van der Waals surface area contributed by atoms with E-state index in [1.165, 1.54) is 0 Å². The molecule has 2 aliphatic rings. The molecular weight excluding hydrogens is 206 g/mol. The first kappa shape index (κ1) is 11.6. The summed E-state index contributed by atoms with van der Waals surface area (Å²) >= 11 is 0. The highest BCUT2D eigenvalue weighted by molar-refractivity contribution is 5.99. The van der Waals surface area contributed by atoms with Crippen LogP contribution in [0.15, 0.2) is 0 Å². The minimum absolute atomic E-state index is 0.0716. The molecule has 1 aliphatic heterocycles. The number of imide groups is 1. The summed E-state index contributed by atoms with van der Waals surface area (Å²) in [4.78, 5) is 23.4. The van der Waals surface area contributed by atoms with Gasteiger partial charge in [0.05, 0.1) is 6.61 Å². The third-order valence-electron chi connectivity index (χ3n) is 3.97. The van der Waals surface area contributed by atoms with Crippen LogP contribution < -0.4 is 5.32 Å². The Morgan fingerprint density at radius 1 is 1.44 bits per heavy atom. The number of methoxy groups -OCH3 is 1. The molecule has 1 saturated heterocycles. The van der Waals surface area contributed by atoms with Gasteiger partial charge in [0.1, 0.15) is 0 Å². The molecule has 0 aromatic carbocycles. The molecule has 16 heavy (non-hydrogen) atoms. The number of hydrogen-bond donors (Lipinski definition) is 1. The van der Waals surface area contributed by atoms with Gasteiger partial charge in [-0.25, -0.2) is 0 Å².